The van der Waals surface area contributed by atoms with Gasteiger partial charge in [-0.05, 0) is 49.0 Å². The zero-order valence-corrected chi connectivity index (χ0v) is 30.1. The maximum atomic E-state index is 14.2. The van der Waals surface area contributed by atoms with E-state index in [0.29, 0.717) is 12.8 Å². The summed E-state index contributed by atoms with van der Waals surface area (Å²) in [6, 6.07) is 4.16. The van der Waals surface area contributed by atoms with Crippen molar-refractivity contribution in [2.75, 3.05) is 6.54 Å². The number of amides is 4. The zero-order valence-electron chi connectivity index (χ0n) is 30.1. The molecule has 1 fully saturated rings. The van der Waals surface area contributed by atoms with Gasteiger partial charge >= 0.3 is 5.97 Å². The number of rotatable bonds is 18. The predicted molar refractivity (Wildman–Crippen MR) is 184 cm³/mol. The molecule has 4 amide bonds. The highest BCUT2D eigenvalue weighted by Gasteiger charge is 2.57. The maximum Gasteiger partial charge on any atom is 0.326 e. The molecule has 1 saturated heterocycles. The Hall–Kier alpha value is -4.13. The lowest BCUT2D eigenvalue weighted by molar-refractivity contribution is -0.153. The molecule has 2 rings (SSSR count). The molecule has 272 valence electrons. The number of nitrogens with zero attached hydrogens (tertiary/aromatic N) is 1. The summed E-state index contributed by atoms with van der Waals surface area (Å²) < 4.78 is 0. The van der Waals surface area contributed by atoms with Gasteiger partial charge in [0, 0.05) is 19.0 Å². The minimum absolute atomic E-state index is 0.165. The molecule has 13 nitrogen and oxygen atoms in total. The molecule has 2 unspecified atom stereocenters. The average molecular weight is 686 g/mol. The highest BCUT2D eigenvalue weighted by molar-refractivity contribution is 6.46. The van der Waals surface area contributed by atoms with Crippen molar-refractivity contribution in [2.24, 2.45) is 23.5 Å². The molecule has 0 aliphatic carbocycles. The Morgan fingerprint density at radius 1 is 0.898 bits per heavy atom. The van der Waals surface area contributed by atoms with Crippen molar-refractivity contribution in [3.8, 4) is 0 Å². The Kier molecular flexibility index (Phi) is 15.1. The molecule has 1 heterocycles. The van der Waals surface area contributed by atoms with Gasteiger partial charge in [0.2, 0.25) is 34.8 Å². The van der Waals surface area contributed by atoms with Gasteiger partial charge in [-0.2, -0.15) is 0 Å². The van der Waals surface area contributed by atoms with Crippen LogP contribution in [0.5, 0.6) is 0 Å². The van der Waals surface area contributed by atoms with Crippen molar-refractivity contribution >= 4 is 41.2 Å². The number of nitrogens with two attached hydrogens (primary N) is 1. The van der Waals surface area contributed by atoms with Crippen molar-refractivity contribution < 1.29 is 38.7 Å². The molecule has 0 spiro atoms. The number of hydrogen-bond donors (Lipinski definition) is 5. The number of aliphatic carboxylic acids is 1. The van der Waals surface area contributed by atoms with Crippen molar-refractivity contribution in [1.29, 1.82) is 0 Å². The summed E-state index contributed by atoms with van der Waals surface area (Å²) in [5, 5.41) is 17.5. The first-order valence-electron chi connectivity index (χ1n) is 17.3. The van der Waals surface area contributed by atoms with Gasteiger partial charge in [-0.1, -0.05) is 85.7 Å². The molecular formula is C36H55N5O8. The largest absolute Gasteiger partial charge is 0.480 e. The Labute approximate surface area is 289 Å². The Morgan fingerprint density at radius 3 is 1.98 bits per heavy atom. The number of carboxylic acids is 1. The number of likely N-dealkylation sites (tertiary alicyclic amines) is 1. The number of carbonyl (C=O) groups excluding carboxylic acids is 6. The van der Waals surface area contributed by atoms with Crippen LogP contribution in [-0.2, 0) is 33.6 Å². The van der Waals surface area contributed by atoms with Crippen LogP contribution in [0.3, 0.4) is 0 Å². The van der Waals surface area contributed by atoms with Gasteiger partial charge in [0.1, 0.15) is 18.1 Å². The number of carboxylic acid groups (broad SMARTS) is 1. The highest BCUT2D eigenvalue weighted by Crippen LogP contribution is 2.26. The fraction of sp³-hybridized carbons (Fsp3) is 0.639. The van der Waals surface area contributed by atoms with E-state index in [2.05, 4.69) is 16.0 Å². The van der Waals surface area contributed by atoms with Crippen LogP contribution < -0.4 is 21.7 Å². The second-order valence-corrected chi connectivity index (χ2v) is 13.9. The van der Waals surface area contributed by atoms with Crippen LogP contribution in [-0.4, -0.2) is 87.4 Å². The van der Waals surface area contributed by atoms with Crippen molar-refractivity contribution in [1.82, 2.24) is 20.9 Å². The lowest BCUT2D eigenvalue weighted by Crippen LogP contribution is -2.76. The van der Waals surface area contributed by atoms with Gasteiger partial charge in [0.15, 0.2) is 0 Å². The van der Waals surface area contributed by atoms with Crippen molar-refractivity contribution in [2.45, 2.75) is 123 Å². The number of benzene rings is 1. The van der Waals surface area contributed by atoms with Gasteiger partial charge in [-0.25, -0.2) is 4.79 Å². The van der Waals surface area contributed by atoms with E-state index in [1.54, 1.807) is 48.5 Å². The lowest BCUT2D eigenvalue weighted by Gasteiger charge is -2.40. The molecule has 0 radical (unpaired) electrons. The standard InChI is InChI=1S/C36H55N5O8/c1-9-15-26(42)30(43)36(29(37)22(7)8,35(49)39-28(21(5)6)34(47)48)40-32(45)25-18-14-19-41(25)33(46)27(20(3)4)38-31(44)24(10-2)23-16-12-11-13-17-23/h11-13,16-17,20-22,24-25,27-29H,9-10,14-15,18-19,37H2,1-8H3,(H,38,44)(H,39,49)(H,40,45)(H,47,48)/t24?,25-,27-,28-,29?,36-/m0/s1. The van der Waals surface area contributed by atoms with E-state index < -0.39 is 82.7 Å². The summed E-state index contributed by atoms with van der Waals surface area (Å²) in [4.78, 5) is 96.3. The monoisotopic (exact) mass is 685 g/mol. The number of hydrogen-bond acceptors (Lipinski definition) is 8. The third-order valence-corrected chi connectivity index (χ3v) is 9.20. The first-order chi connectivity index (χ1) is 23.0. The van der Waals surface area contributed by atoms with Gasteiger partial charge in [-0.15, -0.1) is 0 Å². The molecule has 6 atom stereocenters. The molecule has 6 N–H and O–H groups in total. The predicted octanol–water partition coefficient (Wildman–Crippen LogP) is 2.31. The highest BCUT2D eigenvalue weighted by atomic mass is 16.4. The molecule has 1 aliphatic rings. The third kappa shape index (κ3) is 9.52. The van der Waals surface area contributed by atoms with Crippen LogP contribution in [0.15, 0.2) is 30.3 Å². The van der Waals surface area contributed by atoms with Crippen LogP contribution in [0.1, 0.15) is 99.0 Å². The van der Waals surface area contributed by atoms with E-state index in [0.717, 1.165) is 5.56 Å². The van der Waals surface area contributed by atoms with E-state index in [1.807, 2.05) is 37.3 Å². The first kappa shape index (κ1) is 41.0. The van der Waals surface area contributed by atoms with Crippen LogP contribution in [0.4, 0.5) is 0 Å². The molecule has 1 aromatic carbocycles. The van der Waals surface area contributed by atoms with E-state index in [1.165, 1.54) is 4.90 Å². The average Bonchev–Trinajstić information content (AvgIpc) is 3.54. The summed E-state index contributed by atoms with van der Waals surface area (Å²) in [5.41, 5.74) is 4.65. The normalized spacial score (nSPS) is 18.3. The summed E-state index contributed by atoms with van der Waals surface area (Å²) in [6.45, 7) is 13.6. The van der Waals surface area contributed by atoms with Crippen molar-refractivity contribution in [3.05, 3.63) is 35.9 Å². The minimum Gasteiger partial charge on any atom is -0.480 e. The van der Waals surface area contributed by atoms with Crippen LogP contribution in [0.2, 0.25) is 0 Å². The van der Waals surface area contributed by atoms with E-state index in [-0.39, 0.29) is 37.6 Å². The Balaban J connectivity index is 2.53. The molecule has 13 heteroatoms. The molecule has 1 aliphatic heterocycles. The van der Waals surface area contributed by atoms with Crippen LogP contribution >= 0.6 is 0 Å². The fourth-order valence-electron chi connectivity index (χ4n) is 6.22. The molecular weight excluding hydrogens is 630 g/mol. The maximum absolute atomic E-state index is 14.2. The van der Waals surface area contributed by atoms with E-state index in [9.17, 15) is 38.7 Å². The first-order valence-corrected chi connectivity index (χ1v) is 17.3. The van der Waals surface area contributed by atoms with Crippen LogP contribution in [0.25, 0.3) is 0 Å². The van der Waals surface area contributed by atoms with Gasteiger partial charge in [0.05, 0.1) is 5.92 Å². The number of Topliss-reactive ketones (excluding diaryl/α,β-unsaturated/α-hetero) is 2. The summed E-state index contributed by atoms with van der Waals surface area (Å²) >= 11 is 0. The second kappa shape index (κ2) is 18.0. The Morgan fingerprint density at radius 2 is 1.49 bits per heavy atom. The molecule has 0 saturated carbocycles. The van der Waals surface area contributed by atoms with E-state index >= 15 is 0 Å². The van der Waals surface area contributed by atoms with Gasteiger partial charge in [-0.3, -0.25) is 28.8 Å². The number of carbonyl (C=O) groups is 7. The van der Waals surface area contributed by atoms with E-state index in [4.69, 9.17) is 5.73 Å². The molecule has 1 aromatic rings. The summed E-state index contributed by atoms with van der Waals surface area (Å²) in [7, 11) is 0. The number of nitrogens with one attached hydrogen (secondary N) is 3. The van der Waals surface area contributed by atoms with Crippen LogP contribution in [0, 0.1) is 17.8 Å². The van der Waals surface area contributed by atoms with Gasteiger partial charge < -0.3 is 31.7 Å². The molecule has 0 bridgehead atoms. The summed E-state index contributed by atoms with van der Waals surface area (Å²) in [6.07, 6.45) is 1.12. The minimum atomic E-state index is -2.66. The topological polar surface area (TPSA) is 205 Å². The van der Waals surface area contributed by atoms with Gasteiger partial charge in [0.25, 0.3) is 5.91 Å². The summed E-state index contributed by atoms with van der Waals surface area (Å²) in [5.74, 6) is -8.65. The van der Waals surface area contributed by atoms with Crippen molar-refractivity contribution in [3.63, 3.8) is 0 Å². The molecule has 0 aromatic heterocycles. The number of ketones is 2. The second-order valence-electron chi connectivity index (χ2n) is 13.9. The zero-order chi connectivity index (χ0) is 37.2. The SMILES string of the molecule is CCCC(=O)C(=O)[C@](NC(=O)[C@@H]1CCCN1C(=O)[C@@H](NC(=O)C(CC)c1ccccc1)C(C)C)(C(=O)N[C@H](C(=O)O)C(C)C)C(N)C(C)C. The smallest absolute Gasteiger partial charge is 0.326 e. The quantitative estimate of drug-likeness (QED) is 0.113. The fourth-order valence-corrected chi connectivity index (χ4v) is 6.22. The lowest BCUT2D eigenvalue weighted by atomic mass is 9.76. The Bertz CT molecular complexity index is 1360. The third-order valence-electron chi connectivity index (χ3n) is 9.20. The molecule has 49 heavy (non-hydrogen) atoms.